The van der Waals surface area contributed by atoms with Crippen molar-refractivity contribution in [3.63, 3.8) is 0 Å². The Morgan fingerprint density at radius 2 is 2.05 bits per heavy atom. The molecule has 0 spiro atoms. The standard InChI is InChI=1S/C14H20N2O3S.ClH/c1-9(2)7-12(15)14(17)16-11-4-3-10-5-6-20(18,19)13(10)8-11;/h3-4,8-9,12H,5-7,15H2,1-2H3,(H,16,17);1H/t12-;/m0./s1. The number of hydrogen-bond acceptors (Lipinski definition) is 4. The Balaban J connectivity index is 0.00000220. The van der Waals surface area contributed by atoms with Gasteiger partial charge in [-0.1, -0.05) is 19.9 Å². The van der Waals surface area contributed by atoms with Crippen LogP contribution in [0.25, 0.3) is 0 Å². The van der Waals surface area contributed by atoms with E-state index in [0.29, 0.717) is 29.3 Å². The Morgan fingerprint density at radius 1 is 1.38 bits per heavy atom. The number of halogens is 1. The lowest BCUT2D eigenvalue weighted by molar-refractivity contribution is -0.117. The Morgan fingerprint density at radius 3 is 2.67 bits per heavy atom. The van der Waals surface area contributed by atoms with Gasteiger partial charge in [-0.3, -0.25) is 4.79 Å². The predicted octanol–water partition coefficient (Wildman–Crippen LogP) is 1.75. The van der Waals surface area contributed by atoms with Crippen molar-refractivity contribution in [2.24, 2.45) is 11.7 Å². The van der Waals surface area contributed by atoms with Gasteiger partial charge in [0.05, 0.1) is 16.7 Å². The van der Waals surface area contributed by atoms with Crippen LogP contribution >= 0.6 is 12.4 Å². The van der Waals surface area contributed by atoms with Gasteiger partial charge in [-0.2, -0.15) is 0 Å². The maximum absolute atomic E-state index is 11.9. The zero-order valence-electron chi connectivity index (χ0n) is 12.1. The third-order valence-corrected chi connectivity index (χ3v) is 5.16. The molecule has 0 aromatic heterocycles. The molecule has 2 rings (SSSR count). The lowest BCUT2D eigenvalue weighted by atomic mass is 10.0. The van der Waals surface area contributed by atoms with E-state index in [2.05, 4.69) is 5.32 Å². The number of anilines is 1. The van der Waals surface area contributed by atoms with Crippen LogP contribution < -0.4 is 11.1 Å². The molecule has 0 saturated heterocycles. The average Bonchev–Trinajstić information content (AvgIpc) is 2.64. The molecule has 21 heavy (non-hydrogen) atoms. The number of aryl methyl sites for hydroxylation is 1. The highest BCUT2D eigenvalue weighted by Gasteiger charge is 2.26. The molecule has 0 fully saturated rings. The fourth-order valence-electron chi connectivity index (χ4n) is 2.33. The van der Waals surface area contributed by atoms with E-state index in [1.807, 2.05) is 13.8 Å². The number of carbonyl (C=O) groups excluding carboxylic acids is 1. The SMILES string of the molecule is CC(C)C[C@H](N)C(=O)Nc1ccc2c(c1)S(=O)(=O)CC2.Cl. The van der Waals surface area contributed by atoms with Crippen LogP contribution in [0, 0.1) is 5.92 Å². The van der Waals surface area contributed by atoms with Crippen LogP contribution in [0.1, 0.15) is 25.8 Å². The average molecular weight is 333 g/mol. The highest BCUT2D eigenvalue weighted by molar-refractivity contribution is 7.91. The van der Waals surface area contributed by atoms with E-state index >= 15 is 0 Å². The minimum absolute atomic E-state index is 0. The molecule has 1 aliphatic rings. The molecule has 5 nitrogen and oxygen atoms in total. The normalized spacial score (nSPS) is 17.0. The van der Waals surface area contributed by atoms with Crippen molar-refractivity contribution in [3.8, 4) is 0 Å². The minimum Gasteiger partial charge on any atom is -0.325 e. The fourth-order valence-corrected chi connectivity index (χ4v) is 3.92. The number of fused-ring (bicyclic) bond motifs is 1. The molecule has 0 aliphatic carbocycles. The Hall–Kier alpha value is -1.11. The lowest BCUT2D eigenvalue weighted by Crippen LogP contribution is -2.36. The van der Waals surface area contributed by atoms with E-state index < -0.39 is 15.9 Å². The van der Waals surface area contributed by atoms with Gasteiger partial charge in [0.15, 0.2) is 9.84 Å². The Labute approximate surface area is 131 Å². The third kappa shape index (κ3) is 4.18. The summed E-state index contributed by atoms with van der Waals surface area (Å²) in [5.41, 5.74) is 7.10. The summed E-state index contributed by atoms with van der Waals surface area (Å²) in [6, 6.07) is 4.42. The number of carbonyl (C=O) groups is 1. The number of hydrogen-bond donors (Lipinski definition) is 2. The van der Waals surface area contributed by atoms with Crippen LogP contribution in [0.4, 0.5) is 5.69 Å². The molecule has 1 aromatic rings. The van der Waals surface area contributed by atoms with Crippen molar-refractivity contribution in [2.75, 3.05) is 11.1 Å². The monoisotopic (exact) mass is 332 g/mol. The van der Waals surface area contributed by atoms with E-state index in [4.69, 9.17) is 5.73 Å². The molecule has 118 valence electrons. The zero-order chi connectivity index (χ0) is 14.9. The first-order valence-corrected chi connectivity index (χ1v) is 8.37. The largest absolute Gasteiger partial charge is 0.325 e. The molecule has 1 aromatic carbocycles. The van der Waals surface area contributed by atoms with Crippen molar-refractivity contribution in [1.29, 1.82) is 0 Å². The molecular formula is C14H21ClN2O3S. The quantitative estimate of drug-likeness (QED) is 0.879. The maximum atomic E-state index is 11.9. The maximum Gasteiger partial charge on any atom is 0.241 e. The number of nitrogens with one attached hydrogen (secondary N) is 1. The van der Waals surface area contributed by atoms with Crippen LogP contribution in [-0.2, 0) is 21.1 Å². The molecule has 1 atom stereocenters. The first kappa shape index (κ1) is 17.9. The van der Waals surface area contributed by atoms with Gasteiger partial charge in [0, 0.05) is 5.69 Å². The van der Waals surface area contributed by atoms with Gasteiger partial charge in [-0.05, 0) is 36.5 Å². The van der Waals surface area contributed by atoms with Crippen LogP contribution in [-0.4, -0.2) is 26.1 Å². The summed E-state index contributed by atoms with van der Waals surface area (Å²) in [6.45, 7) is 3.99. The molecule has 0 radical (unpaired) electrons. The topological polar surface area (TPSA) is 89.3 Å². The highest BCUT2D eigenvalue weighted by atomic mass is 35.5. The summed E-state index contributed by atoms with van der Waals surface area (Å²) < 4.78 is 23.7. The summed E-state index contributed by atoms with van der Waals surface area (Å²) >= 11 is 0. The number of benzene rings is 1. The molecule has 1 aliphatic heterocycles. The first-order valence-electron chi connectivity index (χ1n) is 6.72. The van der Waals surface area contributed by atoms with Crippen LogP contribution in [0.5, 0.6) is 0 Å². The van der Waals surface area contributed by atoms with E-state index in [-0.39, 0.29) is 24.1 Å². The molecular weight excluding hydrogens is 312 g/mol. The number of nitrogens with two attached hydrogens (primary N) is 1. The third-order valence-electron chi connectivity index (χ3n) is 3.37. The second kappa shape index (κ2) is 6.77. The molecule has 1 heterocycles. The second-order valence-electron chi connectivity index (χ2n) is 5.62. The Kier molecular flexibility index (Phi) is 5.78. The summed E-state index contributed by atoms with van der Waals surface area (Å²) in [4.78, 5) is 12.3. The van der Waals surface area contributed by atoms with Gasteiger partial charge in [-0.15, -0.1) is 12.4 Å². The molecule has 1 amide bonds. The summed E-state index contributed by atoms with van der Waals surface area (Å²) in [7, 11) is -3.19. The first-order chi connectivity index (χ1) is 9.29. The number of rotatable bonds is 4. The zero-order valence-corrected chi connectivity index (χ0v) is 13.8. The van der Waals surface area contributed by atoms with Gasteiger partial charge in [0.2, 0.25) is 5.91 Å². The molecule has 3 N–H and O–H groups in total. The van der Waals surface area contributed by atoms with Crippen molar-refractivity contribution in [1.82, 2.24) is 0 Å². The van der Waals surface area contributed by atoms with Crippen molar-refractivity contribution < 1.29 is 13.2 Å². The van der Waals surface area contributed by atoms with Crippen molar-refractivity contribution in [2.45, 2.75) is 37.6 Å². The van der Waals surface area contributed by atoms with Gasteiger partial charge in [0.1, 0.15) is 0 Å². The van der Waals surface area contributed by atoms with E-state index in [1.54, 1.807) is 12.1 Å². The van der Waals surface area contributed by atoms with E-state index in [0.717, 1.165) is 5.56 Å². The fraction of sp³-hybridized carbons (Fsp3) is 0.500. The van der Waals surface area contributed by atoms with Gasteiger partial charge >= 0.3 is 0 Å². The van der Waals surface area contributed by atoms with Crippen LogP contribution in [0.15, 0.2) is 23.1 Å². The molecule has 0 saturated carbocycles. The van der Waals surface area contributed by atoms with E-state index in [1.165, 1.54) is 6.07 Å². The van der Waals surface area contributed by atoms with Crippen molar-refractivity contribution in [3.05, 3.63) is 23.8 Å². The van der Waals surface area contributed by atoms with E-state index in [9.17, 15) is 13.2 Å². The van der Waals surface area contributed by atoms with Gasteiger partial charge in [-0.25, -0.2) is 8.42 Å². The lowest BCUT2D eigenvalue weighted by Gasteiger charge is -2.14. The Bertz CT molecular complexity index is 629. The highest BCUT2D eigenvalue weighted by Crippen LogP contribution is 2.28. The molecule has 0 bridgehead atoms. The summed E-state index contributed by atoms with van der Waals surface area (Å²) in [6.07, 6.45) is 1.13. The van der Waals surface area contributed by atoms with Crippen LogP contribution in [0.2, 0.25) is 0 Å². The minimum atomic E-state index is -3.19. The van der Waals surface area contributed by atoms with Crippen LogP contribution in [0.3, 0.4) is 0 Å². The molecule has 7 heteroatoms. The summed E-state index contributed by atoms with van der Waals surface area (Å²) in [5.74, 6) is 0.192. The smallest absolute Gasteiger partial charge is 0.241 e. The number of sulfone groups is 1. The number of amides is 1. The predicted molar refractivity (Wildman–Crippen MR) is 85.5 cm³/mol. The second-order valence-corrected chi connectivity index (χ2v) is 7.69. The van der Waals surface area contributed by atoms with Crippen molar-refractivity contribution >= 4 is 33.8 Å². The molecule has 0 unspecified atom stereocenters. The summed E-state index contributed by atoms with van der Waals surface area (Å²) in [5, 5.41) is 2.69. The van der Waals surface area contributed by atoms with Gasteiger partial charge in [0.25, 0.3) is 0 Å². The van der Waals surface area contributed by atoms with Gasteiger partial charge < -0.3 is 11.1 Å².